The molecule has 2 N–H and O–H groups in total. The summed E-state index contributed by atoms with van der Waals surface area (Å²) < 4.78 is 35.7. The molecule has 0 aromatic carbocycles. The van der Waals surface area contributed by atoms with Crippen molar-refractivity contribution in [2.45, 2.75) is 37.4 Å². The van der Waals surface area contributed by atoms with Crippen LogP contribution >= 0.6 is 0 Å². The maximum absolute atomic E-state index is 14.4. The van der Waals surface area contributed by atoms with Crippen molar-refractivity contribution in [2.75, 3.05) is 25.5 Å². The predicted octanol–water partition coefficient (Wildman–Crippen LogP) is 2.93. The molecule has 4 heterocycles. The number of aromatic nitrogens is 4. The number of anilines is 1. The predicted molar refractivity (Wildman–Crippen MR) is 104 cm³/mol. The molecule has 3 aromatic heterocycles. The van der Waals surface area contributed by atoms with Crippen LogP contribution in [0.3, 0.4) is 0 Å². The minimum absolute atomic E-state index is 0.0322. The number of halogens is 2. The van der Waals surface area contributed by atoms with Crippen LogP contribution in [0.5, 0.6) is 5.75 Å². The van der Waals surface area contributed by atoms with Crippen LogP contribution in [0.2, 0.25) is 0 Å². The molecule has 1 saturated heterocycles. The van der Waals surface area contributed by atoms with E-state index in [1.54, 1.807) is 23.9 Å². The van der Waals surface area contributed by atoms with Crippen LogP contribution in [0.1, 0.15) is 30.9 Å². The van der Waals surface area contributed by atoms with E-state index < -0.39 is 18.0 Å². The second kappa shape index (κ2) is 7.22. The normalized spacial score (nSPS) is 22.0. The van der Waals surface area contributed by atoms with Crippen LogP contribution in [0, 0.1) is 5.82 Å². The molecule has 1 aliphatic heterocycles. The number of methoxy groups -OCH3 is 1. The molecule has 1 saturated carbocycles. The van der Waals surface area contributed by atoms with Gasteiger partial charge in [-0.3, -0.25) is 0 Å². The van der Waals surface area contributed by atoms with E-state index in [-0.39, 0.29) is 5.82 Å². The minimum Gasteiger partial charge on any atom is -0.495 e. The Kier molecular flexibility index (Phi) is 4.54. The van der Waals surface area contributed by atoms with Gasteiger partial charge in [0.1, 0.15) is 23.3 Å². The summed E-state index contributed by atoms with van der Waals surface area (Å²) in [5.74, 6) is 0.632. The number of nitrogens with one attached hydrogen (secondary N) is 2. The fourth-order valence-electron chi connectivity index (χ4n) is 3.72. The van der Waals surface area contributed by atoms with E-state index in [0.717, 1.165) is 24.3 Å². The molecule has 7 nitrogen and oxygen atoms in total. The summed E-state index contributed by atoms with van der Waals surface area (Å²) in [6.07, 6.45) is 3.17. The maximum Gasteiger partial charge on any atom is 0.165 e. The number of ether oxygens (including phenoxy) is 1. The molecule has 5 rings (SSSR count). The van der Waals surface area contributed by atoms with Gasteiger partial charge in [-0.25, -0.2) is 23.3 Å². The molecule has 0 amide bonds. The van der Waals surface area contributed by atoms with Crippen LogP contribution in [0.15, 0.2) is 24.4 Å². The third kappa shape index (κ3) is 3.39. The number of imidazole rings is 1. The zero-order valence-electron chi connectivity index (χ0n) is 16.0. The quantitative estimate of drug-likeness (QED) is 0.686. The number of nitrogens with zero attached hydrogens (tertiary/aromatic N) is 4. The maximum atomic E-state index is 14.4. The van der Waals surface area contributed by atoms with Gasteiger partial charge in [0.15, 0.2) is 17.3 Å². The van der Waals surface area contributed by atoms with E-state index >= 15 is 0 Å². The molecular formula is C20H22F2N6O. The highest BCUT2D eigenvalue weighted by Gasteiger charge is 2.30. The Balaban J connectivity index is 1.52. The summed E-state index contributed by atoms with van der Waals surface area (Å²) in [6, 6.07) is 4.25. The molecular weight excluding hydrogens is 378 g/mol. The number of hydrogen-bond donors (Lipinski definition) is 2. The molecule has 152 valence electrons. The summed E-state index contributed by atoms with van der Waals surface area (Å²) in [6.45, 7) is 1.05. The standard InChI is InChI=1S/C20H22F2N6O/c1-29-17-8-18-24-10-16(28(18)27-19(17)11-2-3-11)14-5-4-13(22)20(25-14)26-15-9-23-7-6-12(15)21/h4-5,8,10-12,15,23H,2-3,6-7,9H2,1H3,(H,25,26)/t12-,15-/m1/s1. The van der Waals surface area contributed by atoms with Gasteiger partial charge in [0.2, 0.25) is 0 Å². The molecule has 2 fully saturated rings. The average molecular weight is 400 g/mol. The smallest absolute Gasteiger partial charge is 0.165 e. The Morgan fingerprint density at radius 3 is 2.90 bits per heavy atom. The largest absolute Gasteiger partial charge is 0.495 e. The van der Waals surface area contributed by atoms with E-state index in [4.69, 9.17) is 9.84 Å². The highest BCUT2D eigenvalue weighted by molar-refractivity contribution is 5.62. The molecule has 2 atom stereocenters. The molecule has 0 bridgehead atoms. The van der Waals surface area contributed by atoms with Crippen molar-refractivity contribution in [2.24, 2.45) is 0 Å². The van der Waals surface area contributed by atoms with Gasteiger partial charge in [-0.2, -0.15) is 5.10 Å². The highest BCUT2D eigenvalue weighted by atomic mass is 19.1. The van der Waals surface area contributed by atoms with Crippen LogP contribution < -0.4 is 15.4 Å². The van der Waals surface area contributed by atoms with Crippen LogP contribution in [-0.4, -0.2) is 52.0 Å². The Labute approximate surface area is 166 Å². The van der Waals surface area contributed by atoms with Crippen molar-refractivity contribution in [3.63, 3.8) is 0 Å². The Bertz CT molecular complexity index is 1050. The average Bonchev–Trinajstić information content (AvgIpc) is 3.50. The summed E-state index contributed by atoms with van der Waals surface area (Å²) in [4.78, 5) is 8.81. The minimum atomic E-state index is -1.05. The lowest BCUT2D eigenvalue weighted by atomic mass is 10.1. The molecule has 9 heteroatoms. The fourth-order valence-corrected chi connectivity index (χ4v) is 3.72. The molecule has 1 aliphatic carbocycles. The Morgan fingerprint density at radius 1 is 1.28 bits per heavy atom. The number of pyridine rings is 1. The molecule has 3 aromatic rings. The summed E-state index contributed by atoms with van der Waals surface area (Å²) in [5.41, 5.74) is 2.68. The van der Waals surface area contributed by atoms with E-state index in [2.05, 4.69) is 20.6 Å². The fraction of sp³-hybridized carbons (Fsp3) is 0.450. The van der Waals surface area contributed by atoms with Crippen molar-refractivity contribution in [1.82, 2.24) is 24.9 Å². The van der Waals surface area contributed by atoms with Crippen LogP contribution in [0.25, 0.3) is 17.0 Å². The van der Waals surface area contributed by atoms with Gasteiger partial charge in [0.05, 0.1) is 25.0 Å². The second-order valence-electron chi connectivity index (χ2n) is 7.57. The van der Waals surface area contributed by atoms with Gasteiger partial charge in [-0.15, -0.1) is 0 Å². The van der Waals surface area contributed by atoms with E-state index in [1.807, 2.05) is 6.07 Å². The van der Waals surface area contributed by atoms with Gasteiger partial charge >= 0.3 is 0 Å². The van der Waals surface area contributed by atoms with Gasteiger partial charge < -0.3 is 15.4 Å². The first-order chi connectivity index (χ1) is 14.1. The van der Waals surface area contributed by atoms with Crippen molar-refractivity contribution in [3.05, 3.63) is 35.9 Å². The van der Waals surface area contributed by atoms with Gasteiger partial charge in [0, 0.05) is 18.5 Å². The monoisotopic (exact) mass is 400 g/mol. The molecule has 0 spiro atoms. The number of rotatable bonds is 5. The number of hydrogen-bond acceptors (Lipinski definition) is 6. The third-order valence-electron chi connectivity index (χ3n) is 5.50. The summed E-state index contributed by atoms with van der Waals surface area (Å²) in [7, 11) is 1.63. The van der Waals surface area contributed by atoms with Crippen molar-refractivity contribution < 1.29 is 13.5 Å². The molecule has 0 radical (unpaired) electrons. The first kappa shape index (κ1) is 18.2. The second-order valence-corrected chi connectivity index (χ2v) is 7.57. The van der Waals surface area contributed by atoms with Crippen molar-refractivity contribution >= 4 is 11.5 Å². The van der Waals surface area contributed by atoms with Crippen LogP contribution in [-0.2, 0) is 0 Å². The van der Waals surface area contributed by atoms with E-state index in [1.165, 1.54) is 6.07 Å². The molecule has 29 heavy (non-hydrogen) atoms. The third-order valence-corrected chi connectivity index (χ3v) is 5.50. The SMILES string of the molecule is COc1cc2ncc(-c3ccc(F)c(N[C@@H]4CNCC[C@H]4F)n3)n2nc1C1CC1. The summed E-state index contributed by atoms with van der Waals surface area (Å²) >= 11 is 0. The first-order valence-corrected chi connectivity index (χ1v) is 9.85. The lowest BCUT2D eigenvalue weighted by Gasteiger charge is -2.28. The molecule has 0 unspecified atom stereocenters. The number of piperidine rings is 1. The van der Waals surface area contributed by atoms with Crippen LogP contribution in [0.4, 0.5) is 14.6 Å². The zero-order valence-corrected chi connectivity index (χ0v) is 16.0. The van der Waals surface area contributed by atoms with Gasteiger partial charge in [0.25, 0.3) is 0 Å². The zero-order chi connectivity index (χ0) is 20.0. The van der Waals surface area contributed by atoms with Crippen molar-refractivity contribution in [3.8, 4) is 17.1 Å². The first-order valence-electron chi connectivity index (χ1n) is 9.85. The molecule has 2 aliphatic rings. The van der Waals surface area contributed by atoms with E-state index in [0.29, 0.717) is 42.5 Å². The lowest BCUT2D eigenvalue weighted by molar-refractivity contribution is 0.240. The Morgan fingerprint density at radius 2 is 2.14 bits per heavy atom. The number of alkyl halides is 1. The lowest BCUT2D eigenvalue weighted by Crippen LogP contribution is -2.46. The van der Waals surface area contributed by atoms with E-state index in [9.17, 15) is 8.78 Å². The topological polar surface area (TPSA) is 76.4 Å². The summed E-state index contributed by atoms with van der Waals surface area (Å²) in [5, 5.41) is 10.8. The Hall–Kier alpha value is -2.81. The number of fused-ring (bicyclic) bond motifs is 1. The van der Waals surface area contributed by atoms with Crippen molar-refractivity contribution in [1.29, 1.82) is 0 Å². The highest BCUT2D eigenvalue weighted by Crippen LogP contribution is 2.43. The van der Waals surface area contributed by atoms with Gasteiger partial charge in [-0.05, 0) is 37.9 Å². The van der Waals surface area contributed by atoms with Gasteiger partial charge in [-0.1, -0.05) is 0 Å².